The molecule has 0 saturated carbocycles. The van der Waals surface area contributed by atoms with E-state index < -0.39 is 7.60 Å². The van der Waals surface area contributed by atoms with E-state index in [9.17, 15) is 9.46 Å². The van der Waals surface area contributed by atoms with E-state index in [1.54, 1.807) is 0 Å². The summed E-state index contributed by atoms with van der Waals surface area (Å²) in [6, 6.07) is 40.8. The van der Waals surface area contributed by atoms with Crippen molar-refractivity contribution in [3.05, 3.63) is 155 Å². The molecule has 0 aromatic heterocycles. The Morgan fingerprint density at radius 3 is 1.68 bits per heavy atom. The summed E-state index contributed by atoms with van der Waals surface area (Å²) in [5.41, 5.74) is 8.20. The predicted molar refractivity (Wildman–Crippen MR) is 150 cm³/mol. The molecule has 1 heterocycles. The van der Waals surface area contributed by atoms with Gasteiger partial charge in [-0.05, 0) is 58.4 Å². The number of fused-ring (bicyclic) bond motifs is 3. The van der Waals surface area contributed by atoms with Crippen LogP contribution in [0.15, 0.2) is 121 Å². The van der Waals surface area contributed by atoms with Gasteiger partial charge in [0.1, 0.15) is 5.75 Å². The Bertz CT molecular complexity index is 1600. The molecule has 5 aromatic rings. The molecule has 1 atom stereocenters. The van der Waals surface area contributed by atoms with Crippen LogP contribution in [-0.4, -0.2) is 4.89 Å². The van der Waals surface area contributed by atoms with Gasteiger partial charge >= 0.3 is 7.60 Å². The van der Waals surface area contributed by atoms with Gasteiger partial charge in [0, 0.05) is 17.5 Å². The van der Waals surface area contributed by atoms with Crippen LogP contribution >= 0.6 is 7.60 Å². The highest BCUT2D eigenvalue weighted by molar-refractivity contribution is 7.62. The van der Waals surface area contributed by atoms with Gasteiger partial charge in [-0.25, -0.2) is 4.57 Å². The Morgan fingerprint density at radius 1 is 0.541 bits per heavy atom. The van der Waals surface area contributed by atoms with Crippen molar-refractivity contribution in [2.75, 3.05) is 0 Å². The third-order valence-corrected chi connectivity index (χ3v) is 8.25. The summed E-state index contributed by atoms with van der Waals surface area (Å²) in [4.78, 5) is 11.1. The van der Waals surface area contributed by atoms with Crippen LogP contribution in [0.5, 0.6) is 5.75 Å². The first kappa shape index (κ1) is 23.5. The topological polar surface area (TPSA) is 46.5 Å². The minimum Gasteiger partial charge on any atom is -0.420 e. The van der Waals surface area contributed by atoms with E-state index in [2.05, 4.69) is 54.6 Å². The Balaban J connectivity index is 1.46. The lowest BCUT2D eigenvalue weighted by molar-refractivity contribution is 0.390. The molecule has 3 nitrogen and oxygen atoms in total. The predicted octanol–water partition coefficient (Wildman–Crippen LogP) is 7.33. The fourth-order valence-corrected chi connectivity index (χ4v) is 6.49. The third-order valence-electron chi connectivity index (χ3n) is 6.84. The van der Waals surface area contributed by atoms with Gasteiger partial charge in [-0.3, -0.25) is 0 Å². The highest BCUT2D eigenvalue weighted by Crippen LogP contribution is 2.53. The molecule has 0 fully saturated rings. The Labute approximate surface area is 217 Å². The van der Waals surface area contributed by atoms with Gasteiger partial charge in [0.25, 0.3) is 0 Å². The second kappa shape index (κ2) is 9.86. The van der Waals surface area contributed by atoms with Crippen molar-refractivity contribution < 1.29 is 14.0 Å². The van der Waals surface area contributed by atoms with E-state index in [1.807, 2.05) is 66.7 Å². The Kier molecular flexibility index (Phi) is 6.26. The molecule has 0 amide bonds. The molecule has 1 aliphatic heterocycles. The molecular weight excluding hydrogens is 475 g/mol. The van der Waals surface area contributed by atoms with Gasteiger partial charge in [0.15, 0.2) is 0 Å². The summed E-state index contributed by atoms with van der Waals surface area (Å²) in [6.45, 7) is 0. The zero-order chi connectivity index (χ0) is 25.2. The van der Waals surface area contributed by atoms with Crippen LogP contribution in [0.2, 0.25) is 0 Å². The Morgan fingerprint density at radius 2 is 1.08 bits per heavy atom. The van der Waals surface area contributed by atoms with Gasteiger partial charge in [0.05, 0.1) is 5.30 Å². The number of hydrogen-bond acceptors (Lipinski definition) is 2. The summed E-state index contributed by atoms with van der Waals surface area (Å²) in [6.07, 6.45) is 2.08. The number of benzene rings is 5. The average molecular weight is 503 g/mol. The van der Waals surface area contributed by atoms with Crippen LogP contribution in [-0.2, 0) is 23.8 Å². The first-order valence-corrected chi connectivity index (χ1v) is 14.1. The van der Waals surface area contributed by atoms with Gasteiger partial charge < -0.3 is 9.42 Å². The van der Waals surface area contributed by atoms with Crippen LogP contribution in [0, 0.1) is 0 Å². The van der Waals surface area contributed by atoms with Crippen molar-refractivity contribution >= 4 is 12.9 Å². The Hall–Kier alpha value is -3.91. The molecule has 5 aromatic carbocycles. The van der Waals surface area contributed by atoms with E-state index in [-0.39, 0.29) is 0 Å². The minimum absolute atomic E-state index is 0.371. The molecule has 1 N–H and O–H groups in total. The number of rotatable bonds is 6. The molecule has 1 unspecified atom stereocenters. The van der Waals surface area contributed by atoms with Crippen molar-refractivity contribution in [1.82, 2.24) is 0 Å². The summed E-state index contributed by atoms with van der Waals surface area (Å²) in [5, 5.41) is 0.371. The van der Waals surface area contributed by atoms with Gasteiger partial charge in [-0.15, -0.1) is 0 Å². The smallest absolute Gasteiger partial charge is 0.408 e. The van der Waals surface area contributed by atoms with E-state index >= 15 is 0 Å². The lowest BCUT2D eigenvalue weighted by Crippen LogP contribution is -2.19. The van der Waals surface area contributed by atoms with E-state index in [0.717, 1.165) is 45.4 Å². The normalized spacial score (nSPS) is 15.9. The lowest BCUT2D eigenvalue weighted by atomic mass is 9.91. The minimum atomic E-state index is -4.05. The zero-order valence-corrected chi connectivity index (χ0v) is 21.3. The fourth-order valence-electron chi connectivity index (χ4n) is 5.10. The van der Waals surface area contributed by atoms with Gasteiger partial charge in [-0.1, -0.05) is 109 Å². The highest BCUT2D eigenvalue weighted by atomic mass is 31.2. The van der Waals surface area contributed by atoms with E-state index in [4.69, 9.17) is 4.52 Å². The quantitative estimate of drug-likeness (QED) is 0.247. The van der Waals surface area contributed by atoms with E-state index in [0.29, 0.717) is 23.9 Å². The van der Waals surface area contributed by atoms with Crippen LogP contribution in [0.4, 0.5) is 0 Å². The van der Waals surface area contributed by atoms with Crippen LogP contribution in [0.25, 0.3) is 11.1 Å². The maximum atomic E-state index is 13.5. The number of hydrogen-bond donors (Lipinski definition) is 1. The standard InChI is InChI=1S/C33H27O3P/c34-37(35)32-23-27(18-24-10-4-1-5-11-24)16-17-30(32)31-22-28(19-25-12-6-2-7-13-25)21-29(33(31)36-37)20-26-14-8-3-9-15-26/h1-17,21-23H,18-20H2,(H,34,35). The van der Waals surface area contributed by atoms with Crippen molar-refractivity contribution in [2.45, 2.75) is 19.3 Å². The molecule has 1 aliphatic rings. The SMILES string of the molecule is O=P1(O)Oc2c(Cc3ccccc3)cc(Cc3ccccc3)cc2-c2ccc(Cc3ccccc3)cc21. The maximum Gasteiger partial charge on any atom is 0.408 e. The second-order valence-electron chi connectivity index (χ2n) is 9.58. The monoisotopic (exact) mass is 502 g/mol. The molecule has 37 heavy (non-hydrogen) atoms. The van der Waals surface area contributed by atoms with Crippen molar-refractivity contribution in [3.8, 4) is 16.9 Å². The summed E-state index contributed by atoms with van der Waals surface area (Å²) >= 11 is 0. The fraction of sp³-hybridized carbons (Fsp3) is 0.0909. The molecule has 6 rings (SSSR count). The molecular formula is C33H27O3P. The molecule has 0 spiro atoms. The third kappa shape index (κ3) is 5.02. The molecule has 0 bridgehead atoms. The molecule has 4 heteroatoms. The average Bonchev–Trinajstić information content (AvgIpc) is 2.91. The van der Waals surface area contributed by atoms with Gasteiger partial charge in [0.2, 0.25) is 0 Å². The summed E-state index contributed by atoms with van der Waals surface area (Å²) < 4.78 is 19.5. The van der Waals surface area contributed by atoms with Crippen LogP contribution < -0.4 is 9.83 Å². The van der Waals surface area contributed by atoms with Crippen molar-refractivity contribution in [3.63, 3.8) is 0 Å². The van der Waals surface area contributed by atoms with E-state index in [1.165, 1.54) is 5.56 Å². The first-order chi connectivity index (χ1) is 18.0. The largest absolute Gasteiger partial charge is 0.420 e. The van der Waals surface area contributed by atoms with Crippen molar-refractivity contribution in [1.29, 1.82) is 0 Å². The summed E-state index contributed by atoms with van der Waals surface area (Å²) in [7, 11) is -4.05. The van der Waals surface area contributed by atoms with Crippen molar-refractivity contribution in [2.24, 2.45) is 0 Å². The zero-order valence-electron chi connectivity index (χ0n) is 20.4. The first-order valence-electron chi connectivity index (χ1n) is 12.5. The second-order valence-corrected chi connectivity index (χ2v) is 11.3. The molecule has 182 valence electrons. The van der Waals surface area contributed by atoms with Gasteiger partial charge in [-0.2, -0.15) is 0 Å². The highest BCUT2D eigenvalue weighted by Gasteiger charge is 2.36. The molecule has 0 radical (unpaired) electrons. The van der Waals surface area contributed by atoms with Crippen LogP contribution in [0.3, 0.4) is 0 Å². The van der Waals surface area contributed by atoms with Crippen LogP contribution in [0.1, 0.15) is 33.4 Å². The summed E-state index contributed by atoms with van der Waals surface area (Å²) in [5.74, 6) is 0.509. The maximum absolute atomic E-state index is 13.5. The molecule has 0 saturated heterocycles. The molecule has 0 aliphatic carbocycles. The lowest BCUT2D eigenvalue weighted by Gasteiger charge is -2.28.